The molecule has 0 saturated heterocycles. The Morgan fingerprint density at radius 2 is 1.94 bits per heavy atom. The van der Waals surface area contributed by atoms with Crippen LogP contribution in [-0.4, -0.2) is 40.2 Å². The Hall–Kier alpha value is -3.12. The minimum atomic E-state index is -0.808. The molecule has 0 amide bonds. The van der Waals surface area contributed by atoms with Crippen LogP contribution >= 0.6 is 0 Å². The fourth-order valence-electron chi connectivity index (χ4n) is 4.92. The molecule has 1 N–H and O–H groups in total. The van der Waals surface area contributed by atoms with E-state index in [1.54, 1.807) is 0 Å². The molecule has 1 aromatic heterocycles. The molecule has 0 radical (unpaired) electrons. The molecule has 1 aliphatic rings. The molecule has 0 saturated carbocycles. The van der Waals surface area contributed by atoms with Gasteiger partial charge in [0.25, 0.3) is 0 Å². The molecule has 0 aliphatic carbocycles. The van der Waals surface area contributed by atoms with Crippen molar-refractivity contribution in [2.45, 2.75) is 66.0 Å². The predicted molar refractivity (Wildman–Crippen MR) is 137 cm³/mol. The van der Waals surface area contributed by atoms with E-state index in [1.807, 2.05) is 55.5 Å². The van der Waals surface area contributed by atoms with Gasteiger partial charge in [-0.2, -0.15) is 0 Å². The number of hydrogen-bond acceptors (Lipinski definition) is 5. The molecule has 0 spiro atoms. The summed E-state index contributed by atoms with van der Waals surface area (Å²) in [5.41, 5.74) is 3.75. The Morgan fingerprint density at radius 3 is 2.60 bits per heavy atom. The number of rotatable bonds is 8. The fourth-order valence-corrected chi connectivity index (χ4v) is 4.92. The molecule has 2 heterocycles. The molecule has 0 bridgehead atoms. The molecule has 0 fully saturated rings. The summed E-state index contributed by atoms with van der Waals surface area (Å²) in [6.07, 6.45) is 2.38. The number of fused-ring (bicyclic) bond motifs is 1. The van der Waals surface area contributed by atoms with Crippen molar-refractivity contribution >= 4 is 5.97 Å². The van der Waals surface area contributed by atoms with Crippen molar-refractivity contribution in [3.8, 4) is 17.2 Å². The van der Waals surface area contributed by atoms with Crippen molar-refractivity contribution in [1.82, 2.24) is 9.88 Å². The number of aromatic nitrogens is 1. The second-order valence-corrected chi connectivity index (χ2v) is 10.6. The van der Waals surface area contributed by atoms with E-state index in [4.69, 9.17) is 9.15 Å². The summed E-state index contributed by atoms with van der Waals surface area (Å²) in [5, 5.41) is 10.2. The van der Waals surface area contributed by atoms with Crippen LogP contribution in [0.4, 0.5) is 0 Å². The van der Waals surface area contributed by atoms with Crippen molar-refractivity contribution < 1.29 is 19.1 Å². The first-order chi connectivity index (χ1) is 16.7. The van der Waals surface area contributed by atoms with E-state index in [-0.39, 0.29) is 11.5 Å². The normalized spacial score (nSPS) is 18.3. The molecule has 6 nitrogen and oxygen atoms in total. The van der Waals surface area contributed by atoms with Gasteiger partial charge >= 0.3 is 5.97 Å². The third kappa shape index (κ3) is 5.76. The maximum Gasteiger partial charge on any atom is 0.325 e. The molecule has 2 atom stereocenters. The lowest BCUT2D eigenvalue weighted by atomic mass is 9.84. The minimum absolute atomic E-state index is 0.000784. The first-order valence-corrected chi connectivity index (χ1v) is 12.4. The molecule has 1 unspecified atom stereocenters. The van der Waals surface area contributed by atoms with E-state index >= 15 is 0 Å². The van der Waals surface area contributed by atoms with E-state index in [9.17, 15) is 9.90 Å². The van der Waals surface area contributed by atoms with Gasteiger partial charge in [-0.25, -0.2) is 4.98 Å². The van der Waals surface area contributed by atoms with Gasteiger partial charge in [-0.3, -0.25) is 9.69 Å². The van der Waals surface area contributed by atoms with Gasteiger partial charge in [0.05, 0.1) is 12.3 Å². The maximum absolute atomic E-state index is 12.4. The summed E-state index contributed by atoms with van der Waals surface area (Å²) < 4.78 is 11.9. The van der Waals surface area contributed by atoms with Crippen molar-refractivity contribution in [3.63, 3.8) is 0 Å². The van der Waals surface area contributed by atoms with Gasteiger partial charge in [-0.1, -0.05) is 52.0 Å². The van der Waals surface area contributed by atoms with E-state index in [2.05, 4.69) is 37.6 Å². The van der Waals surface area contributed by atoms with Gasteiger partial charge < -0.3 is 14.3 Å². The highest BCUT2D eigenvalue weighted by Gasteiger charge is 2.39. The van der Waals surface area contributed by atoms with Gasteiger partial charge in [-0.15, -0.1) is 0 Å². The zero-order valence-corrected chi connectivity index (χ0v) is 21.4. The van der Waals surface area contributed by atoms with Crippen LogP contribution in [0.1, 0.15) is 62.7 Å². The Bertz CT molecular complexity index is 1160. The maximum atomic E-state index is 12.4. The summed E-state index contributed by atoms with van der Waals surface area (Å²) in [6, 6.07) is 15.3. The number of carboxylic acids is 1. The second kappa shape index (κ2) is 10.2. The fraction of sp³-hybridized carbons (Fsp3) is 0.448. The molecular weight excluding hydrogens is 440 g/mol. The number of carbonyl (C=O) groups is 1. The molecule has 35 heavy (non-hydrogen) atoms. The minimum Gasteiger partial charge on any atom is -0.493 e. The lowest BCUT2D eigenvalue weighted by molar-refractivity contribution is -0.146. The zero-order chi connectivity index (χ0) is 25.2. The van der Waals surface area contributed by atoms with E-state index in [0.717, 1.165) is 47.5 Å². The highest BCUT2D eigenvalue weighted by molar-refractivity contribution is 5.77. The van der Waals surface area contributed by atoms with Crippen molar-refractivity contribution in [2.75, 3.05) is 13.2 Å². The van der Waals surface area contributed by atoms with Crippen LogP contribution in [0.5, 0.6) is 5.75 Å². The van der Waals surface area contributed by atoms with Gasteiger partial charge in [0.1, 0.15) is 17.6 Å². The summed E-state index contributed by atoms with van der Waals surface area (Å²) >= 11 is 0. The highest BCUT2D eigenvalue weighted by atomic mass is 16.5. The summed E-state index contributed by atoms with van der Waals surface area (Å²) in [7, 11) is 0. The van der Waals surface area contributed by atoms with Crippen LogP contribution in [0.2, 0.25) is 0 Å². The first-order valence-electron chi connectivity index (χ1n) is 12.4. The highest BCUT2D eigenvalue weighted by Crippen LogP contribution is 2.38. The van der Waals surface area contributed by atoms with Crippen LogP contribution < -0.4 is 4.74 Å². The van der Waals surface area contributed by atoms with Gasteiger partial charge in [0.2, 0.25) is 5.89 Å². The monoisotopic (exact) mass is 476 g/mol. The molecule has 4 rings (SSSR count). The SMILES string of the molecule is CC[C@H]1Cc2ccc(OCCc3nc(-c4ccccc4)oc3C)cc2C(C(=O)O)N1CC(C)(C)C. The standard InChI is InChI=1S/C29H36N2O4/c1-6-22-16-21-12-13-23(17-24(21)26(28(32)33)31(22)18-29(3,4)5)34-15-14-25-19(2)35-27(30-25)20-10-8-7-9-11-20/h7-13,17,22,26H,6,14-16,18H2,1-5H3,(H,32,33)/t22-,26?/m0/s1. The van der Waals surface area contributed by atoms with Gasteiger partial charge in [0.15, 0.2) is 0 Å². The van der Waals surface area contributed by atoms with Crippen molar-refractivity contribution in [1.29, 1.82) is 0 Å². The lowest BCUT2D eigenvalue weighted by Crippen LogP contribution is -2.49. The van der Waals surface area contributed by atoms with E-state index in [0.29, 0.717) is 24.7 Å². The summed E-state index contributed by atoms with van der Waals surface area (Å²) in [5.74, 6) is 1.27. The van der Waals surface area contributed by atoms with Crippen LogP contribution in [-0.2, 0) is 17.6 Å². The molecule has 1 aliphatic heterocycles. The molecular formula is C29H36N2O4. The number of carboxylic acid groups (broad SMARTS) is 1. The van der Waals surface area contributed by atoms with Gasteiger partial charge in [-0.05, 0) is 60.6 Å². The number of benzene rings is 2. The predicted octanol–water partition coefficient (Wildman–Crippen LogP) is 6.08. The third-order valence-electron chi connectivity index (χ3n) is 6.55. The van der Waals surface area contributed by atoms with Crippen LogP contribution in [0.3, 0.4) is 0 Å². The number of ether oxygens (including phenoxy) is 1. The zero-order valence-electron chi connectivity index (χ0n) is 21.4. The number of aliphatic carboxylic acids is 1. The largest absolute Gasteiger partial charge is 0.493 e. The number of hydrogen-bond donors (Lipinski definition) is 1. The van der Waals surface area contributed by atoms with Gasteiger partial charge in [0, 0.05) is 24.6 Å². The smallest absolute Gasteiger partial charge is 0.325 e. The van der Waals surface area contributed by atoms with Crippen LogP contribution in [0, 0.1) is 12.3 Å². The third-order valence-corrected chi connectivity index (χ3v) is 6.55. The summed E-state index contributed by atoms with van der Waals surface area (Å²) in [6.45, 7) is 11.7. The van der Waals surface area contributed by atoms with E-state index < -0.39 is 12.0 Å². The molecule has 6 heteroatoms. The molecule has 186 valence electrons. The van der Waals surface area contributed by atoms with Crippen LogP contribution in [0.25, 0.3) is 11.5 Å². The molecule has 3 aromatic rings. The quantitative estimate of drug-likeness (QED) is 0.425. The topological polar surface area (TPSA) is 75.8 Å². The lowest BCUT2D eigenvalue weighted by Gasteiger charge is -2.44. The molecule has 2 aromatic carbocycles. The first kappa shape index (κ1) is 25.0. The number of oxazole rings is 1. The second-order valence-electron chi connectivity index (χ2n) is 10.6. The number of nitrogens with zero attached hydrogens (tertiary/aromatic N) is 2. The average molecular weight is 477 g/mol. The Morgan fingerprint density at radius 1 is 1.20 bits per heavy atom. The van der Waals surface area contributed by atoms with Crippen molar-refractivity contribution in [3.05, 3.63) is 71.1 Å². The van der Waals surface area contributed by atoms with Crippen molar-refractivity contribution in [2.24, 2.45) is 5.41 Å². The Balaban J connectivity index is 1.50. The van der Waals surface area contributed by atoms with Crippen LogP contribution in [0.15, 0.2) is 52.9 Å². The number of aryl methyl sites for hydroxylation is 1. The Labute approximate surface area is 207 Å². The Kier molecular flexibility index (Phi) is 7.31. The average Bonchev–Trinajstić information content (AvgIpc) is 3.18. The van der Waals surface area contributed by atoms with E-state index in [1.165, 1.54) is 0 Å². The summed E-state index contributed by atoms with van der Waals surface area (Å²) in [4.78, 5) is 19.3.